The smallest absolute Gasteiger partial charge is 0.251 e. The lowest BCUT2D eigenvalue weighted by Gasteiger charge is -2.21. The van der Waals surface area contributed by atoms with Crippen molar-refractivity contribution in [3.63, 3.8) is 0 Å². The number of carbonyl (C=O) groups excluding carboxylic acids is 1. The highest BCUT2D eigenvalue weighted by atomic mass is 32.1. The molecule has 0 fully saturated rings. The van der Waals surface area contributed by atoms with Crippen molar-refractivity contribution in [3.05, 3.63) is 57.8 Å². The van der Waals surface area contributed by atoms with E-state index in [0.29, 0.717) is 12.1 Å². The first kappa shape index (κ1) is 19.0. The number of hydrogen-bond acceptors (Lipinski definition) is 3. The Morgan fingerprint density at radius 2 is 2.12 bits per heavy atom. The summed E-state index contributed by atoms with van der Waals surface area (Å²) in [5.41, 5.74) is 3.09. The molecular weight excluding hydrogens is 332 g/mol. The average molecular weight is 359 g/mol. The quantitative estimate of drug-likeness (QED) is 0.591. The lowest BCUT2D eigenvalue weighted by atomic mass is 10.1. The van der Waals surface area contributed by atoms with Crippen LogP contribution in [0, 0.1) is 0 Å². The molecule has 134 valence electrons. The molecular formula is C19H26N4OS. The van der Waals surface area contributed by atoms with Crippen LogP contribution in [0.15, 0.2) is 46.1 Å². The summed E-state index contributed by atoms with van der Waals surface area (Å²) in [6, 6.07) is 9.83. The predicted molar refractivity (Wildman–Crippen MR) is 105 cm³/mol. The minimum absolute atomic E-state index is 0.0609. The SMILES string of the molecule is CCNC(=NCCc1cccc(C(=O)NC)c1)N(C)Cc1ccsc1. The van der Waals surface area contributed by atoms with E-state index in [9.17, 15) is 4.79 Å². The molecule has 25 heavy (non-hydrogen) atoms. The zero-order chi connectivity index (χ0) is 18.1. The molecule has 1 heterocycles. The monoisotopic (exact) mass is 358 g/mol. The van der Waals surface area contributed by atoms with Crippen LogP contribution in [-0.2, 0) is 13.0 Å². The van der Waals surface area contributed by atoms with Crippen LogP contribution in [0.25, 0.3) is 0 Å². The van der Waals surface area contributed by atoms with Gasteiger partial charge in [-0.2, -0.15) is 11.3 Å². The molecule has 0 bridgehead atoms. The number of aliphatic imine (C=N–C) groups is 1. The van der Waals surface area contributed by atoms with Crippen molar-refractivity contribution >= 4 is 23.2 Å². The predicted octanol–water partition coefficient (Wildman–Crippen LogP) is 2.75. The number of thiophene rings is 1. The van der Waals surface area contributed by atoms with E-state index in [-0.39, 0.29) is 5.91 Å². The molecule has 0 unspecified atom stereocenters. The summed E-state index contributed by atoms with van der Waals surface area (Å²) >= 11 is 1.71. The van der Waals surface area contributed by atoms with Crippen molar-refractivity contribution in [1.29, 1.82) is 0 Å². The molecule has 1 amide bonds. The van der Waals surface area contributed by atoms with Gasteiger partial charge in [-0.25, -0.2) is 0 Å². The number of amides is 1. The van der Waals surface area contributed by atoms with Gasteiger partial charge in [-0.3, -0.25) is 9.79 Å². The molecule has 0 radical (unpaired) electrons. The number of hydrogen-bond donors (Lipinski definition) is 2. The Morgan fingerprint density at radius 1 is 1.28 bits per heavy atom. The van der Waals surface area contributed by atoms with Crippen LogP contribution in [0.4, 0.5) is 0 Å². The summed E-state index contributed by atoms with van der Waals surface area (Å²) < 4.78 is 0. The molecule has 6 heteroatoms. The van der Waals surface area contributed by atoms with E-state index in [4.69, 9.17) is 4.99 Å². The van der Waals surface area contributed by atoms with Crippen LogP contribution in [0.5, 0.6) is 0 Å². The minimum atomic E-state index is -0.0609. The zero-order valence-electron chi connectivity index (χ0n) is 15.1. The van der Waals surface area contributed by atoms with Gasteiger partial charge in [0.15, 0.2) is 5.96 Å². The summed E-state index contributed by atoms with van der Waals surface area (Å²) in [6.07, 6.45) is 0.798. The average Bonchev–Trinajstić information content (AvgIpc) is 3.13. The van der Waals surface area contributed by atoms with Crippen LogP contribution in [0.3, 0.4) is 0 Å². The Bertz CT molecular complexity index is 697. The molecule has 0 saturated heterocycles. The number of benzene rings is 1. The Kier molecular flexibility index (Phi) is 7.47. The Morgan fingerprint density at radius 3 is 2.80 bits per heavy atom. The molecule has 0 spiro atoms. The molecule has 2 aromatic rings. The first-order valence-corrected chi connectivity index (χ1v) is 9.40. The third-order valence-electron chi connectivity index (χ3n) is 3.77. The Balaban J connectivity index is 1.97. The van der Waals surface area contributed by atoms with Gasteiger partial charge in [-0.1, -0.05) is 12.1 Å². The second-order valence-corrected chi connectivity index (χ2v) is 6.53. The van der Waals surface area contributed by atoms with Crippen molar-refractivity contribution in [2.45, 2.75) is 19.9 Å². The number of rotatable bonds is 7. The molecule has 0 aliphatic heterocycles. The molecule has 0 aliphatic rings. The maximum absolute atomic E-state index is 11.7. The van der Waals surface area contributed by atoms with Crippen LogP contribution in [0.2, 0.25) is 0 Å². The fraction of sp³-hybridized carbons (Fsp3) is 0.368. The van der Waals surface area contributed by atoms with E-state index in [1.807, 2.05) is 31.3 Å². The number of nitrogens with one attached hydrogen (secondary N) is 2. The third-order valence-corrected chi connectivity index (χ3v) is 4.51. The van der Waals surface area contributed by atoms with Crippen molar-refractivity contribution in [2.24, 2.45) is 4.99 Å². The fourth-order valence-corrected chi connectivity index (χ4v) is 3.16. The molecule has 2 rings (SSSR count). The molecule has 0 aliphatic carbocycles. The molecule has 0 atom stereocenters. The number of nitrogens with zero attached hydrogens (tertiary/aromatic N) is 2. The van der Waals surface area contributed by atoms with E-state index < -0.39 is 0 Å². The van der Waals surface area contributed by atoms with Gasteiger partial charge in [0.05, 0.1) is 0 Å². The lowest BCUT2D eigenvalue weighted by molar-refractivity contribution is 0.0963. The fourth-order valence-electron chi connectivity index (χ4n) is 2.50. The van der Waals surface area contributed by atoms with Gasteiger partial charge >= 0.3 is 0 Å². The van der Waals surface area contributed by atoms with Gasteiger partial charge in [-0.15, -0.1) is 0 Å². The second kappa shape index (κ2) is 9.84. The van der Waals surface area contributed by atoms with E-state index in [1.165, 1.54) is 5.56 Å². The summed E-state index contributed by atoms with van der Waals surface area (Å²) in [5.74, 6) is 0.838. The summed E-state index contributed by atoms with van der Waals surface area (Å²) in [4.78, 5) is 18.6. The highest BCUT2D eigenvalue weighted by Crippen LogP contribution is 2.09. The second-order valence-electron chi connectivity index (χ2n) is 5.75. The van der Waals surface area contributed by atoms with Crippen molar-refractivity contribution in [3.8, 4) is 0 Å². The Labute approximate surface area is 153 Å². The first-order chi connectivity index (χ1) is 12.1. The molecule has 1 aromatic carbocycles. The van der Waals surface area contributed by atoms with E-state index in [2.05, 4.69) is 39.3 Å². The largest absolute Gasteiger partial charge is 0.357 e. The minimum Gasteiger partial charge on any atom is -0.357 e. The maximum Gasteiger partial charge on any atom is 0.251 e. The van der Waals surface area contributed by atoms with Crippen molar-refractivity contribution < 1.29 is 4.79 Å². The normalized spacial score (nSPS) is 11.2. The van der Waals surface area contributed by atoms with Crippen molar-refractivity contribution in [1.82, 2.24) is 15.5 Å². The maximum atomic E-state index is 11.7. The standard InChI is InChI=1S/C19H26N4OS/c1-4-21-19(23(3)13-16-9-11-25-14-16)22-10-8-15-6-5-7-17(12-15)18(24)20-2/h5-7,9,11-12,14H,4,8,10,13H2,1-3H3,(H,20,24)(H,21,22). The highest BCUT2D eigenvalue weighted by molar-refractivity contribution is 7.07. The number of carbonyl (C=O) groups is 1. The topological polar surface area (TPSA) is 56.7 Å². The van der Waals surface area contributed by atoms with Gasteiger partial charge in [0.25, 0.3) is 5.91 Å². The molecule has 0 saturated carbocycles. The van der Waals surface area contributed by atoms with Gasteiger partial charge in [0, 0.05) is 39.3 Å². The lowest BCUT2D eigenvalue weighted by Crippen LogP contribution is -2.38. The highest BCUT2D eigenvalue weighted by Gasteiger charge is 2.07. The van der Waals surface area contributed by atoms with E-state index in [0.717, 1.165) is 31.0 Å². The zero-order valence-corrected chi connectivity index (χ0v) is 15.9. The van der Waals surface area contributed by atoms with Crippen LogP contribution >= 0.6 is 11.3 Å². The van der Waals surface area contributed by atoms with Crippen LogP contribution in [-0.4, -0.2) is 44.0 Å². The summed E-state index contributed by atoms with van der Waals surface area (Å²) in [6.45, 7) is 4.41. The van der Waals surface area contributed by atoms with Gasteiger partial charge < -0.3 is 15.5 Å². The molecule has 5 nitrogen and oxygen atoms in total. The van der Waals surface area contributed by atoms with Crippen LogP contribution in [0.1, 0.15) is 28.4 Å². The van der Waals surface area contributed by atoms with Crippen LogP contribution < -0.4 is 10.6 Å². The number of guanidine groups is 1. The summed E-state index contributed by atoms with van der Waals surface area (Å²) in [7, 11) is 3.69. The van der Waals surface area contributed by atoms with E-state index >= 15 is 0 Å². The Hall–Kier alpha value is -2.34. The van der Waals surface area contributed by atoms with E-state index in [1.54, 1.807) is 18.4 Å². The van der Waals surface area contributed by atoms with Gasteiger partial charge in [0.1, 0.15) is 0 Å². The first-order valence-electron chi connectivity index (χ1n) is 8.45. The summed E-state index contributed by atoms with van der Waals surface area (Å²) in [5, 5.41) is 10.2. The third kappa shape index (κ3) is 5.90. The molecule has 2 N–H and O–H groups in total. The van der Waals surface area contributed by atoms with Gasteiger partial charge in [0.2, 0.25) is 0 Å². The van der Waals surface area contributed by atoms with Crippen molar-refractivity contribution in [2.75, 3.05) is 27.2 Å². The molecule has 1 aromatic heterocycles. The van der Waals surface area contributed by atoms with Gasteiger partial charge in [-0.05, 0) is 53.4 Å².